The van der Waals surface area contributed by atoms with Gasteiger partial charge in [0.1, 0.15) is 0 Å². The minimum absolute atomic E-state index is 0.499. The topological polar surface area (TPSA) is 47.6 Å². The fourth-order valence-corrected chi connectivity index (χ4v) is 1.40. The SMILES string of the molecule is N#CCC=CCSCCCC#N. The Hall–Kier alpha value is -0.930. The summed E-state index contributed by atoms with van der Waals surface area (Å²) in [4.78, 5) is 0. The van der Waals surface area contributed by atoms with Crippen molar-refractivity contribution in [1.82, 2.24) is 0 Å². The standard InChI is InChI=1S/C9H12N2S/c10-6-2-1-4-8-12-9-5-3-7-11/h1,4H,2-3,5,8-9H2. The van der Waals surface area contributed by atoms with Gasteiger partial charge in [-0.25, -0.2) is 0 Å². The zero-order chi connectivity index (χ0) is 9.07. The predicted molar refractivity (Wildman–Crippen MR) is 51.5 cm³/mol. The molecular formula is C9H12N2S. The van der Waals surface area contributed by atoms with Crippen LogP contribution in [-0.2, 0) is 0 Å². The molecule has 0 rings (SSSR count). The van der Waals surface area contributed by atoms with Crippen LogP contribution in [0.15, 0.2) is 12.2 Å². The average Bonchev–Trinajstić information content (AvgIpc) is 2.10. The molecule has 0 aliphatic carbocycles. The van der Waals surface area contributed by atoms with Crippen molar-refractivity contribution in [3.63, 3.8) is 0 Å². The second-order valence-corrected chi connectivity index (χ2v) is 3.32. The van der Waals surface area contributed by atoms with E-state index in [-0.39, 0.29) is 0 Å². The van der Waals surface area contributed by atoms with Crippen molar-refractivity contribution in [3.8, 4) is 12.1 Å². The third-order valence-corrected chi connectivity index (χ3v) is 2.17. The van der Waals surface area contributed by atoms with Crippen LogP contribution in [0.4, 0.5) is 0 Å². The van der Waals surface area contributed by atoms with Gasteiger partial charge in [-0.1, -0.05) is 12.2 Å². The Bertz CT molecular complexity index is 198. The van der Waals surface area contributed by atoms with Gasteiger partial charge in [0.25, 0.3) is 0 Å². The van der Waals surface area contributed by atoms with Crippen LogP contribution >= 0.6 is 11.8 Å². The van der Waals surface area contributed by atoms with Gasteiger partial charge < -0.3 is 0 Å². The van der Waals surface area contributed by atoms with E-state index in [4.69, 9.17) is 10.5 Å². The molecular weight excluding hydrogens is 168 g/mol. The first-order valence-electron chi connectivity index (χ1n) is 3.88. The molecule has 0 atom stereocenters. The number of allylic oxidation sites excluding steroid dienone is 1. The van der Waals surface area contributed by atoms with Gasteiger partial charge in [-0.05, 0) is 12.2 Å². The minimum atomic E-state index is 0.499. The first kappa shape index (κ1) is 11.1. The van der Waals surface area contributed by atoms with Crippen LogP contribution in [0, 0.1) is 22.7 Å². The number of thioether (sulfide) groups is 1. The Morgan fingerprint density at radius 2 is 2.00 bits per heavy atom. The molecule has 0 radical (unpaired) electrons. The van der Waals surface area contributed by atoms with Gasteiger partial charge in [0.2, 0.25) is 0 Å². The molecule has 0 aromatic heterocycles. The van der Waals surface area contributed by atoms with E-state index in [9.17, 15) is 0 Å². The zero-order valence-corrected chi connectivity index (χ0v) is 7.81. The molecule has 3 heteroatoms. The van der Waals surface area contributed by atoms with Crippen molar-refractivity contribution < 1.29 is 0 Å². The molecule has 2 nitrogen and oxygen atoms in total. The van der Waals surface area contributed by atoms with E-state index in [1.807, 2.05) is 18.2 Å². The first-order chi connectivity index (χ1) is 5.91. The summed E-state index contributed by atoms with van der Waals surface area (Å²) in [6.45, 7) is 0. The fourth-order valence-electron chi connectivity index (χ4n) is 0.609. The van der Waals surface area contributed by atoms with E-state index < -0.39 is 0 Å². The molecule has 12 heavy (non-hydrogen) atoms. The molecule has 0 aromatic rings. The summed E-state index contributed by atoms with van der Waals surface area (Å²) in [7, 11) is 0. The van der Waals surface area contributed by atoms with Crippen molar-refractivity contribution in [1.29, 1.82) is 10.5 Å². The molecule has 0 unspecified atom stereocenters. The van der Waals surface area contributed by atoms with Crippen LogP contribution < -0.4 is 0 Å². The van der Waals surface area contributed by atoms with Crippen molar-refractivity contribution >= 4 is 11.8 Å². The highest BCUT2D eigenvalue weighted by Crippen LogP contribution is 2.04. The fraction of sp³-hybridized carbons (Fsp3) is 0.556. The Morgan fingerprint density at radius 1 is 1.17 bits per heavy atom. The normalized spacial score (nSPS) is 9.50. The highest BCUT2D eigenvalue weighted by molar-refractivity contribution is 7.99. The molecule has 0 aliphatic rings. The lowest BCUT2D eigenvalue weighted by atomic mass is 10.4. The number of nitriles is 2. The molecule has 0 amide bonds. The molecule has 0 aromatic carbocycles. The summed E-state index contributed by atoms with van der Waals surface area (Å²) < 4.78 is 0. The maximum atomic E-state index is 8.23. The summed E-state index contributed by atoms with van der Waals surface area (Å²) in [6.07, 6.45) is 5.98. The second kappa shape index (κ2) is 10.1. The van der Waals surface area contributed by atoms with Gasteiger partial charge in [-0.15, -0.1) is 0 Å². The number of rotatable bonds is 6. The molecule has 0 saturated heterocycles. The van der Waals surface area contributed by atoms with E-state index in [0.29, 0.717) is 12.8 Å². The lowest BCUT2D eigenvalue weighted by Gasteiger charge is -1.92. The third kappa shape index (κ3) is 9.07. The van der Waals surface area contributed by atoms with Crippen LogP contribution in [-0.4, -0.2) is 11.5 Å². The summed E-state index contributed by atoms with van der Waals surface area (Å²) >= 11 is 1.80. The third-order valence-electron chi connectivity index (χ3n) is 1.17. The first-order valence-corrected chi connectivity index (χ1v) is 5.04. The van der Waals surface area contributed by atoms with Crippen LogP contribution in [0.5, 0.6) is 0 Å². The van der Waals surface area contributed by atoms with Crippen LogP contribution in [0.25, 0.3) is 0 Å². The number of nitrogens with zero attached hydrogens (tertiary/aromatic N) is 2. The highest BCUT2D eigenvalue weighted by atomic mass is 32.2. The maximum absolute atomic E-state index is 8.23. The van der Waals surface area contributed by atoms with E-state index >= 15 is 0 Å². The largest absolute Gasteiger partial charge is 0.198 e. The molecule has 0 aliphatic heterocycles. The van der Waals surface area contributed by atoms with Gasteiger partial charge in [0.05, 0.1) is 18.6 Å². The minimum Gasteiger partial charge on any atom is -0.198 e. The summed E-state index contributed by atoms with van der Waals surface area (Å²) in [5.74, 6) is 1.98. The van der Waals surface area contributed by atoms with Crippen LogP contribution in [0.3, 0.4) is 0 Å². The molecule has 0 spiro atoms. The van der Waals surface area contributed by atoms with Crippen LogP contribution in [0.2, 0.25) is 0 Å². The number of hydrogen-bond acceptors (Lipinski definition) is 3. The molecule has 0 heterocycles. The van der Waals surface area contributed by atoms with Crippen molar-refractivity contribution in [3.05, 3.63) is 12.2 Å². The lowest BCUT2D eigenvalue weighted by molar-refractivity contribution is 0.982. The Balaban J connectivity index is 3.02. The number of unbranched alkanes of at least 4 members (excludes halogenated alkanes) is 1. The van der Waals surface area contributed by atoms with Crippen molar-refractivity contribution in [2.45, 2.75) is 19.3 Å². The van der Waals surface area contributed by atoms with E-state index in [1.54, 1.807) is 11.8 Å². The highest BCUT2D eigenvalue weighted by Gasteiger charge is 1.85. The maximum Gasteiger partial charge on any atom is 0.0663 e. The van der Waals surface area contributed by atoms with Crippen LogP contribution in [0.1, 0.15) is 19.3 Å². The van der Waals surface area contributed by atoms with E-state index in [1.165, 1.54) is 0 Å². The second-order valence-electron chi connectivity index (χ2n) is 2.17. The average molecular weight is 180 g/mol. The van der Waals surface area contributed by atoms with Gasteiger partial charge in [-0.3, -0.25) is 0 Å². The quantitative estimate of drug-likeness (QED) is 0.466. The predicted octanol–water partition coefficient (Wildman–Crippen LogP) is 2.49. The lowest BCUT2D eigenvalue weighted by Crippen LogP contribution is -1.79. The Kier molecular flexibility index (Phi) is 9.29. The monoisotopic (exact) mass is 180 g/mol. The van der Waals surface area contributed by atoms with E-state index in [2.05, 4.69) is 6.07 Å². The van der Waals surface area contributed by atoms with E-state index in [0.717, 1.165) is 17.9 Å². The van der Waals surface area contributed by atoms with Crippen molar-refractivity contribution in [2.24, 2.45) is 0 Å². The summed E-state index contributed by atoms with van der Waals surface area (Å²) in [5.41, 5.74) is 0. The Morgan fingerprint density at radius 3 is 2.67 bits per heavy atom. The zero-order valence-electron chi connectivity index (χ0n) is 6.99. The smallest absolute Gasteiger partial charge is 0.0663 e. The van der Waals surface area contributed by atoms with Gasteiger partial charge >= 0.3 is 0 Å². The molecule has 0 N–H and O–H groups in total. The number of hydrogen-bond donors (Lipinski definition) is 0. The Labute approximate surface area is 77.9 Å². The van der Waals surface area contributed by atoms with Gasteiger partial charge in [0, 0.05) is 12.2 Å². The molecule has 0 saturated carbocycles. The summed E-state index contributed by atoms with van der Waals surface area (Å²) in [5, 5.41) is 16.4. The molecule has 64 valence electrons. The van der Waals surface area contributed by atoms with Crippen molar-refractivity contribution in [2.75, 3.05) is 11.5 Å². The summed E-state index contributed by atoms with van der Waals surface area (Å²) in [6, 6.07) is 4.14. The van der Waals surface area contributed by atoms with Gasteiger partial charge in [0.15, 0.2) is 0 Å². The molecule has 0 bridgehead atoms. The van der Waals surface area contributed by atoms with Gasteiger partial charge in [-0.2, -0.15) is 22.3 Å². The molecule has 0 fully saturated rings.